The summed E-state index contributed by atoms with van der Waals surface area (Å²) < 4.78 is 10.8. The summed E-state index contributed by atoms with van der Waals surface area (Å²) in [5.74, 6) is 0.866. The Hall–Kier alpha value is -1.17. The Morgan fingerprint density at radius 1 is 1.58 bits per heavy atom. The lowest BCUT2D eigenvalue weighted by Crippen LogP contribution is -2.31. The van der Waals surface area contributed by atoms with Crippen molar-refractivity contribution in [3.8, 4) is 5.75 Å². The average molecular weight is 280 g/mol. The summed E-state index contributed by atoms with van der Waals surface area (Å²) in [5.41, 5.74) is 7.66. The van der Waals surface area contributed by atoms with E-state index in [1.165, 1.54) is 0 Å². The van der Waals surface area contributed by atoms with Crippen LogP contribution in [0, 0.1) is 0 Å². The lowest BCUT2D eigenvalue weighted by Gasteiger charge is -2.24. The minimum atomic E-state index is 0.413. The zero-order valence-corrected chi connectivity index (χ0v) is 12.2. The van der Waals surface area contributed by atoms with Gasteiger partial charge in [0.25, 0.3) is 0 Å². The highest BCUT2D eigenvalue weighted by Crippen LogP contribution is 2.23. The van der Waals surface area contributed by atoms with Crippen molar-refractivity contribution in [1.29, 1.82) is 0 Å². The second-order valence-corrected chi connectivity index (χ2v) is 5.26. The summed E-state index contributed by atoms with van der Waals surface area (Å²) in [4.78, 5) is 2.70. The molecule has 1 aliphatic heterocycles. The van der Waals surface area contributed by atoms with Crippen LogP contribution in [0.5, 0.6) is 5.75 Å². The third-order valence-electron chi connectivity index (χ3n) is 3.51. The normalized spacial score (nSPS) is 18.8. The first-order valence-corrected chi connectivity index (χ1v) is 6.77. The Morgan fingerprint density at radius 2 is 2.37 bits per heavy atom. The summed E-state index contributed by atoms with van der Waals surface area (Å²) in [6.45, 7) is 2.44. The van der Waals surface area contributed by atoms with Crippen molar-refractivity contribution in [2.24, 2.45) is 5.73 Å². The molecule has 0 bridgehead atoms. The molecule has 0 aliphatic carbocycles. The number of methoxy groups -OCH3 is 1. The number of thiocarbonyl (C=S) groups is 1. The average Bonchev–Trinajstić information content (AvgIpc) is 2.92. The van der Waals surface area contributed by atoms with Crippen LogP contribution in [0.25, 0.3) is 0 Å². The third-order valence-corrected chi connectivity index (χ3v) is 3.75. The number of benzene rings is 1. The smallest absolute Gasteiger partial charge is 0.123 e. The first kappa shape index (κ1) is 14.2. The van der Waals surface area contributed by atoms with Gasteiger partial charge in [0.05, 0.1) is 13.7 Å². The highest BCUT2D eigenvalue weighted by Gasteiger charge is 2.21. The maximum atomic E-state index is 5.68. The van der Waals surface area contributed by atoms with E-state index in [4.69, 9.17) is 27.4 Å². The zero-order chi connectivity index (χ0) is 13.8. The Kier molecular flexibility index (Phi) is 4.74. The summed E-state index contributed by atoms with van der Waals surface area (Å²) in [5, 5.41) is 0. The van der Waals surface area contributed by atoms with Crippen LogP contribution in [0.4, 0.5) is 0 Å². The lowest BCUT2D eigenvalue weighted by atomic mass is 10.1. The molecule has 104 valence electrons. The van der Waals surface area contributed by atoms with E-state index in [-0.39, 0.29) is 0 Å². The summed E-state index contributed by atoms with van der Waals surface area (Å²) in [6, 6.07) is 6.29. The number of nitrogens with zero attached hydrogens (tertiary/aromatic N) is 1. The van der Waals surface area contributed by atoms with Gasteiger partial charge in [-0.2, -0.15) is 0 Å². The van der Waals surface area contributed by atoms with Crippen LogP contribution in [0.15, 0.2) is 18.2 Å². The molecule has 0 radical (unpaired) electrons. The molecule has 19 heavy (non-hydrogen) atoms. The van der Waals surface area contributed by atoms with Gasteiger partial charge in [0.2, 0.25) is 0 Å². The molecule has 1 heterocycles. The van der Waals surface area contributed by atoms with Crippen molar-refractivity contribution >= 4 is 17.2 Å². The second kappa shape index (κ2) is 6.32. The third kappa shape index (κ3) is 3.43. The number of hydrogen-bond acceptors (Lipinski definition) is 4. The summed E-state index contributed by atoms with van der Waals surface area (Å²) in [7, 11) is 3.78. The largest absolute Gasteiger partial charge is 0.496 e. The SMILES string of the molecule is COc1ccc(C(N)=S)cc1CN(C)C1CCOC1. The Balaban J connectivity index is 2.16. The summed E-state index contributed by atoms with van der Waals surface area (Å²) >= 11 is 5.03. The van der Waals surface area contributed by atoms with Gasteiger partial charge >= 0.3 is 0 Å². The highest BCUT2D eigenvalue weighted by molar-refractivity contribution is 7.80. The fraction of sp³-hybridized carbons (Fsp3) is 0.500. The molecule has 2 N–H and O–H groups in total. The van der Waals surface area contributed by atoms with E-state index in [0.717, 1.165) is 43.1 Å². The van der Waals surface area contributed by atoms with Gasteiger partial charge in [0.15, 0.2) is 0 Å². The van der Waals surface area contributed by atoms with Gasteiger partial charge in [-0.25, -0.2) is 0 Å². The van der Waals surface area contributed by atoms with Crippen LogP contribution in [0.3, 0.4) is 0 Å². The molecular formula is C14H20N2O2S. The van der Waals surface area contributed by atoms with Crippen LogP contribution in [0.1, 0.15) is 17.5 Å². The maximum absolute atomic E-state index is 5.68. The predicted octanol–water partition coefficient (Wildman–Crippen LogP) is 1.55. The quantitative estimate of drug-likeness (QED) is 0.829. The van der Waals surface area contributed by atoms with Crippen molar-refractivity contribution in [2.75, 3.05) is 27.4 Å². The van der Waals surface area contributed by atoms with Crippen molar-refractivity contribution in [1.82, 2.24) is 4.90 Å². The number of likely N-dealkylation sites (N-methyl/N-ethyl adjacent to an activating group) is 1. The molecule has 1 fully saturated rings. The summed E-state index contributed by atoms with van der Waals surface area (Å²) in [6.07, 6.45) is 1.08. The maximum Gasteiger partial charge on any atom is 0.123 e. The highest BCUT2D eigenvalue weighted by atomic mass is 32.1. The van der Waals surface area contributed by atoms with Gasteiger partial charge in [0.1, 0.15) is 10.7 Å². The predicted molar refractivity (Wildman–Crippen MR) is 79.6 cm³/mol. The first-order valence-electron chi connectivity index (χ1n) is 6.36. The zero-order valence-electron chi connectivity index (χ0n) is 11.4. The van der Waals surface area contributed by atoms with Crippen molar-refractivity contribution < 1.29 is 9.47 Å². The Labute approximate surface area is 119 Å². The van der Waals surface area contributed by atoms with Crippen molar-refractivity contribution in [2.45, 2.75) is 19.0 Å². The molecule has 0 amide bonds. The minimum Gasteiger partial charge on any atom is -0.496 e. The molecule has 0 spiro atoms. The monoisotopic (exact) mass is 280 g/mol. The van der Waals surface area contributed by atoms with E-state index in [1.807, 2.05) is 18.2 Å². The molecule has 1 aromatic rings. The van der Waals surface area contributed by atoms with Gasteiger partial charge < -0.3 is 15.2 Å². The molecule has 0 saturated carbocycles. The fourth-order valence-corrected chi connectivity index (χ4v) is 2.45. The standard InChI is InChI=1S/C14H20N2O2S/c1-16(12-5-6-18-9-12)8-11-7-10(14(15)19)3-4-13(11)17-2/h3-4,7,12H,5-6,8-9H2,1-2H3,(H2,15,19). The molecule has 2 rings (SSSR count). The van der Waals surface area contributed by atoms with Crippen molar-refractivity contribution in [3.63, 3.8) is 0 Å². The topological polar surface area (TPSA) is 47.7 Å². The van der Waals surface area contributed by atoms with E-state index in [0.29, 0.717) is 11.0 Å². The number of ether oxygens (including phenoxy) is 2. The van der Waals surface area contributed by atoms with Gasteiger partial charge in [-0.05, 0) is 31.7 Å². The molecule has 1 saturated heterocycles. The van der Waals surface area contributed by atoms with E-state index >= 15 is 0 Å². The Bertz CT molecular complexity index is 459. The van der Waals surface area contributed by atoms with Crippen LogP contribution in [0.2, 0.25) is 0 Å². The molecule has 4 nitrogen and oxygen atoms in total. The minimum absolute atomic E-state index is 0.413. The van der Waals surface area contributed by atoms with E-state index < -0.39 is 0 Å². The number of nitrogens with two attached hydrogens (primary N) is 1. The molecule has 1 aliphatic rings. The Morgan fingerprint density at radius 3 is 2.95 bits per heavy atom. The van der Waals surface area contributed by atoms with Crippen LogP contribution < -0.4 is 10.5 Å². The molecule has 5 heteroatoms. The van der Waals surface area contributed by atoms with Gasteiger partial charge in [-0.15, -0.1) is 0 Å². The van der Waals surface area contributed by atoms with E-state index in [2.05, 4.69) is 11.9 Å². The number of rotatable bonds is 5. The fourth-order valence-electron chi connectivity index (χ4n) is 2.32. The lowest BCUT2D eigenvalue weighted by molar-refractivity contribution is 0.156. The van der Waals surface area contributed by atoms with Crippen molar-refractivity contribution in [3.05, 3.63) is 29.3 Å². The molecule has 1 unspecified atom stereocenters. The molecular weight excluding hydrogens is 260 g/mol. The number of hydrogen-bond donors (Lipinski definition) is 1. The molecule has 0 aromatic heterocycles. The van der Waals surface area contributed by atoms with Gasteiger partial charge in [-0.1, -0.05) is 12.2 Å². The van der Waals surface area contributed by atoms with Crippen LogP contribution >= 0.6 is 12.2 Å². The van der Waals surface area contributed by atoms with Crippen LogP contribution in [-0.4, -0.2) is 43.3 Å². The van der Waals surface area contributed by atoms with E-state index in [1.54, 1.807) is 7.11 Å². The van der Waals surface area contributed by atoms with E-state index in [9.17, 15) is 0 Å². The van der Waals surface area contributed by atoms with Gasteiger partial charge in [0, 0.05) is 30.3 Å². The first-order chi connectivity index (χ1) is 9.11. The van der Waals surface area contributed by atoms with Crippen LogP contribution in [-0.2, 0) is 11.3 Å². The molecule has 1 atom stereocenters. The molecule has 1 aromatic carbocycles. The second-order valence-electron chi connectivity index (χ2n) is 4.82. The van der Waals surface area contributed by atoms with Gasteiger partial charge in [-0.3, -0.25) is 4.90 Å².